The highest BCUT2D eigenvalue weighted by molar-refractivity contribution is 9.10. The fourth-order valence-corrected chi connectivity index (χ4v) is 4.34. The van der Waals surface area contributed by atoms with Crippen molar-refractivity contribution in [1.29, 1.82) is 0 Å². The third-order valence-corrected chi connectivity index (χ3v) is 5.49. The maximum absolute atomic E-state index is 13.9. The lowest BCUT2D eigenvalue weighted by molar-refractivity contribution is 0.122. The van der Waals surface area contributed by atoms with Crippen LogP contribution in [0.3, 0.4) is 0 Å². The van der Waals surface area contributed by atoms with Crippen LogP contribution >= 0.6 is 40.7 Å². The highest BCUT2D eigenvalue weighted by Gasteiger charge is 2.35. The van der Waals surface area contributed by atoms with Gasteiger partial charge in [-0.3, -0.25) is 4.90 Å². The van der Waals surface area contributed by atoms with Gasteiger partial charge in [0.15, 0.2) is 11.6 Å². The van der Waals surface area contributed by atoms with Crippen LogP contribution in [0.15, 0.2) is 16.6 Å². The van der Waals surface area contributed by atoms with Gasteiger partial charge >= 0.3 is 0 Å². The summed E-state index contributed by atoms with van der Waals surface area (Å²) in [6, 6.07) is 3.15. The average Bonchev–Trinajstić information content (AvgIpc) is 3.02. The molecule has 1 heterocycles. The highest BCUT2D eigenvalue weighted by atomic mass is 79.9. The van der Waals surface area contributed by atoms with E-state index in [9.17, 15) is 9.50 Å². The van der Waals surface area contributed by atoms with E-state index in [-0.39, 0.29) is 36.6 Å². The number of phenols is 1. The molecule has 0 amide bonds. The number of piperazine rings is 1. The lowest BCUT2D eigenvalue weighted by Crippen LogP contribution is -2.46. The summed E-state index contributed by atoms with van der Waals surface area (Å²) in [5.74, 6) is -0.196. The van der Waals surface area contributed by atoms with Crippen LogP contribution in [0, 0.1) is 11.7 Å². The lowest BCUT2D eigenvalue weighted by Gasteiger charge is -2.39. The molecule has 0 aromatic heterocycles. The number of aromatic hydroxyl groups is 1. The second-order valence-electron chi connectivity index (χ2n) is 6.07. The van der Waals surface area contributed by atoms with E-state index in [4.69, 9.17) is 0 Å². The van der Waals surface area contributed by atoms with Crippen molar-refractivity contribution >= 4 is 40.7 Å². The Hall–Kier alpha value is -0.0700. The van der Waals surface area contributed by atoms with E-state index in [1.54, 1.807) is 6.07 Å². The molecule has 0 radical (unpaired) electrons. The number of nitrogens with one attached hydrogen (secondary N) is 1. The molecule has 2 N–H and O–H groups in total. The molecule has 0 spiro atoms. The van der Waals surface area contributed by atoms with Crippen LogP contribution in [0.2, 0.25) is 0 Å². The summed E-state index contributed by atoms with van der Waals surface area (Å²) in [5, 5.41) is 13.7. The minimum Gasteiger partial charge on any atom is -0.505 e. The van der Waals surface area contributed by atoms with Gasteiger partial charge in [0, 0.05) is 42.3 Å². The molecule has 1 aliphatic carbocycles. The average molecular weight is 430 g/mol. The van der Waals surface area contributed by atoms with Crippen molar-refractivity contribution in [3.8, 4) is 5.75 Å². The summed E-state index contributed by atoms with van der Waals surface area (Å²) in [5.41, 5.74) is 0.740. The standard InChI is InChI=1S/C16H22BrFN2O.2ClH/c17-12-5-6-13(18)16(21)14(12)15(11-3-1-2-4-11)20-9-7-19-8-10-20;;/h5-6,11,15,19,21H,1-4,7-10H2;2*1H/t15-;;/m0../s1. The largest absolute Gasteiger partial charge is 0.505 e. The summed E-state index contributed by atoms with van der Waals surface area (Å²) < 4.78 is 14.7. The molecule has 3 rings (SSSR count). The summed E-state index contributed by atoms with van der Waals surface area (Å²) in [7, 11) is 0. The molecule has 1 aromatic rings. The zero-order chi connectivity index (χ0) is 14.8. The van der Waals surface area contributed by atoms with E-state index in [1.165, 1.54) is 18.9 Å². The molecular weight excluding hydrogens is 406 g/mol. The second-order valence-corrected chi connectivity index (χ2v) is 6.92. The van der Waals surface area contributed by atoms with Gasteiger partial charge in [0.05, 0.1) is 0 Å². The van der Waals surface area contributed by atoms with Gasteiger partial charge in [-0.2, -0.15) is 0 Å². The quantitative estimate of drug-likeness (QED) is 0.752. The molecular formula is C16H24BrCl2FN2O. The zero-order valence-electron chi connectivity index (χ0n) is 12.9. The van der Waals surface area contributed by atoms with Gasteiger partial charge in [-0.05, 0) is 30.9 Å². The SMILES string of the molecule is Cl.Cl.Oc1c(F)ccc(Br)c1[C@H](C1CCCC1)N1CCNCC1. The molecule has 1 saturated heterocycles. The van der Waals surface area contributed by atoms with Crippen LogP contribution in [0.1, 0.15) is 37.3 Å². The topological polar surface area (TPSA) is 35.5 Å². The zero-order valence-corrected chi connectivity index (χ0v) is 16.2. The van der Waals surface area contributed by atoms with Crippen molar-refractivity contribution in [1.82, 2.24) is 10.2 Å². The van der Waals surface area contributed by atoms with Gasteiger partial charge in [0.25, 0.3) is 0 Å². The Morgan fingerprint density at radius 2 is 1.78 bits per heavy atom. The van der Waals surface area contributed by atoms with Crippen LogP contribution in [-0.4, -0.2) is 36.2 Å². The Balaban J connectivity index is 0.00000132. The first kappa shape index (κ1) is 21.0. The van der Waals surface area contributed by atoms with Crippen molar-refractivity contribution in [2.24, 2.45) is 5.92 Å². The van der Waals surface area contributed by atoms with Crippen LogP contribution < -0.4 is 5.32 Å². The van der Waals surface area contributed by atoms with E-state index in [0.717, 1.165) is 49.1 Å². The Morgan fingerprint density at radius 1 is 1.17 bits per heavy atom. The van der Waals surface area contributed by atoms with Gasteiger partial charge in [-0.1, -0.05) is 28.8 Å². The number of nitrogens with zero attached hydrogens (tertiary/aromatic N) is 1. The maximum atomic E-state index is 13.9. The second kappa shape index (κ2) is 9.42. The third-order valence-electron chi connectivity index (χ3n) is 4.80. The number of rotatable bonds is 3. The lowest BCUT2D eigenvalue weighted by atomic mass is 9.89. The van der Waals surface area contributed by atoms with Gasteiger partial charge in [0.2, 0.25) is 0 Å². The van der Waals surface area contributed by atoms with E-state index in [1.807, 2.05) is 0 Å². The van der Waals surface area contributed by atoms with Gasteiger partial charge in [-0.15, -0.1) is 24.8 Å². The smallest absolute Gasteiger partial charge is 0.165 e. The van der Waals surface area contributed by atoms with Crippen molar-refractivity contribution in [2.75, 3.05) is 26.2 Å². The van der Waals surface area contributed by atoms with Crippen LogP contribution in [0.4, 0.5) is 4.39 Å². The van der Waals surface area contributed by atoms with Crippen LogP contribution in [0.5, 0.6) is 5.75 Å². The molecule has 132 valence electrons. The van der Waals surface area contributed by atoms with Gasteiger partial charge < -0.3 is 10.4 Å². The minimum atomic E-state index is -0.522. The normalized spacial score (nSPS) is 20.6. The predicted molar refractivity (Wildman–Crippen MR) is 99.4 cm³/mol. The van der Waals surface area contributed by atoms with Crippen molar-refractivity contribution in [3.63, 3.8) is 0 Å². The molecule has 0 bridgehead atoms. The predicted octanol–water partition coefficient (Wildman–Crippen LogP) is 4.27. The number of phenolic OH excluding ortho intramolecular Hbond substituents is 1. The first-order valence-corrected chi connectivity index (χ1v) is 8.59. The highest BCUT2D eigenvalue weighted by Crippen LogP contribution is 2.45. The number of hydrogen-bond donors (Lipinski definition) is 2. The van der Waals surface area contributed by atoms with E-state index >= 15 is 0 Å². The first-order valence-electron chi connectivity index (χ1n) is 7.80. The van der Waals surface area contributed by atoms with E-state index < -0.39 is 5.82 Å². The number of halogens is 4. The van der Waals surface area contributed by atoms with Gasteiger partial charge in [0.1, 0.15) is 0 Å². The Morgan fingerprint density at radius 3 is 2.39 bits per heavy atom. The molecule has 1 saturated carbocycles. The monoisotopic (exact) mass is 428 g/mol. The van der Waals surface area contributed by atoms with E-state index in [2.05, 4.69) is 26.1 Å². The molecule has 1 aliphatic heterocycles. The van der Waals surface area contributed by atoms with Gasteiger partial charge in [-0.25, -0.2) is 4.39 Å². The fourth-order valence-electron chi connectivity index (χ4n) is 3.79. The Labute approximate surface area is 158 Å². The number of hydrogen-bond acceptors (Lipinski definition) is 3. The Kier molecular flexibility index (Phi) is 8.59. The summed E-state index contributed by atoms with van der Waals surface area (Å²) in [4.78, 5) is 2.41. The first-order chi connectivity index (χ1) is 10.2. The maximum Gasteiger partial charge on any atom is 0.165 e. The number of benzene rings is 1. The minimum absolute atomic E-state index is 0. The molecule has 3 nitrogen and oxygen atoms in total. The fraction of sp³-hybridized carbons (Fsp3) is 0.625. The molecule has 7 heteroatoms. The Bertz CT molecular complexity index is 509. The molecule has 23 heavy (non-hydrogen) atoms. The summed E-state index contributed by atoms with van der Waals surface area (Å²) >= 11 is 3.53. The molecule has 0 unspecified atom stereocenters. The molecule has 1 aromatic carbocycles. The van der Waals surface area contributed by atoms with Crippen LogP contribution in [0.25, 0.3) is 0 Å². The molecule has 1 atom stereocenters. The van der Waals surface area contributed by atoms with Crippen LogP contribution in [-0.2, 0) is 0 Å². The molecule has 2 aliphatic rings. The van der Waals surface area contributed by atoms with Crippen molar-refractivity contribution < 1.29 is 9.50 Å². The summed E-state index contributed by atoms with van der Waals surface area (Å²) in [6.07, 6.45) is 4.80. The molecule has 2 fully saturated rings. The van der Waals surface area contributed by atoms with E-state index in [0.29, 0.717) is 5.92 Å². The van der Waals surface area contributed by atoms with Crippen molar-refractivity contribution in [2.45, 2.75) is 31.7 Å². The van der Waals surface area contributed by atoms with Crippen molar-refractivity contribution in [3.05, 3.63) is 28.0 Å². The summed E-state index contributed by atoms with van der Waals surface area (Å²) in [6.45, 7) is 3.81. The third kappa shape index (κ3) is 4.51.